The van der Waals surface area contributed by atoms with Gasteiger partial charge in [0, 0.05) is 22.3 Å². The van der Waals surface area contributed by atoms with Gasteiger partial charge in [-0.2, -0.15) is 0 Å². The second-order valence-electron chi connectivity index (χ2n) is 13.3. The summed E-state index contributed by atoms with van der Waals surface area (Å²) in [6.45, 7) is 0. The smallest absolute Gasteiger partial charge is 0.195 e. The lowest BCUT2D eigenvalue weighted by Crippen LogP contribution is -2.36. The molecule has 0 unspecified atom stereocenters. The van der Waals surface area contributed by atoms with Crippen LogP contribution in [-0.2, 0) is 20.7 Å². The Morgan fingerprint density at radius 2 is 0.673 bits per heavy atom. The van der Waals surface area contributed by atoms with E-state index in [0.29, 0.717) is 34.8 Å². The molecule has 0 radical (unpaired) electrons. The fourth-order valence-electron chi connectivity index (χ4n) is 8.09. The molecule has 0 bridgehead atoms. The Morgan fingerprint density at radius 3 is 0.964 bits per heavy atom. The lowest BCUT2D eigenvalue weighted by atomic mass is 9.77. The van der Waals surface area contributed by atoms with Crippen molar-refractivity contribution in [1.29, 1.82) is 0 Å². The van der Waals surface area contributed by atoms with Crippen LogP contribution >= 0.6 is 0 Å². The zero-order chi connectivity index (χ0) is 37.8. The van der Waals surface area contributed by atoms with E-state index in [2.05, 4.69) is 24.3 Å². The van der Waals surface area contributed by atoms with E-state index in [1.54, 1.807) is 28.4 Å². The van der Waals surface area contributed by atoms with Crippen molar-refractivity contribution >= 4 is 11.8 Å². The first-order valence-corrected chi connectivity index (χ1v) is 18.2. The molecule has 276 valence electrons. The average Bonchev–Trinajstić information content (AvgIpc) is 3.84. The van der Waals surface area contributed by atoms with E-state index in [4.69, 9.17) is 38.4 Å². The van der Waals surface area contributed by atoms with E-state index in [1.165, 1.54) is 0 Å². The van der Waals surface area contributed by atoms with Crippen molar-refractivity contribution < 1.29 is 28.4 Å². The van der Waals surface area contributed by atoms with Crippen LogP contribution < -0.4 is 18.9 Å². The van der Waals surface area contributed by atoms with Gasteiger partial charge in [-0.25, -0.2) is 9.98 Å². The maximum Gasteiger partial charge on any atom is 0.195 e. The van der Waals surface area contributed by atoms with Crippen LogP contribution in [0.1, 0.15) is 51.9 Å². The number of nitrogens with zero attached hydrogens (tertiary/aromatic N) is 2. The molecular formula is C47H42N2O6. The summed E-state index contributed by atoms with van der Waals surface area (Å²) in [6.07, 6.45) is 0.158. The molecule has 0 saturated carbocycles. The molecule has 2 aliphatic rings. The van der Waals surface area contributed by atoms with Crippen molar-refractivity contribution in [3.8, 4) is 23.0 Å². The number of ether oxygens (including phenoxy) is 6. The Kier molecular flexibility index (Phi) is 9.72. The third kappa shape index (κ3) is 6.04. The van der Waals surface area contributed by atoms with Crippen molar-refractivity contribution in [2.45, 2.75) is 29.7 Å². The van der Waals surface area contributed by atoms with Gasteiger partial charge in [-0.05, 0) is 35.4 Å². The molecule has 0 amide bonds. The van der Waals surface area contributed by atoms with Crippen LogP contribution in [0, 0.1) is 0 Å². The molecule has 2 heterocycles. The zero-order valence-corrected chi connectivity index (χ0v) is 31.2. The molecule has 55 heavy (non-hydrogen) atoms. The fourth-order valence-corrected chi connectivity index (χ4v) is 8.09. The van der Waals surface area contributed by atoms with Crippen molar-refractivity contribution in [3.05, 3.63) is 191 Å². The van der Waals surface area contributed by atoms with Gasteiger partial charge >= 0.3 is 0 Å². The largest absolute Gasteiger partial charge is 0.496 e. The summed E-state index contributed by atoms with van der Waals surface area (Å²) in [6, 6.07) is 50.9. The number of hydrogen-bond donors (Lipinski definition) is 0. The molecular weight excluding hydrogens is 689 g/mol. The van der Waals surface area contributed by atoms with Crippen molar-refractivity contribution in [2.75, 3.05) is 28.4 Å². The van der Waals surface area contributed by atoms with E-state index in [-0.39, 0.29) is 6.42 Å². The number of benzene rings is 6. The minimum Gasteiger partial charge on any atom is -0.496 e. The molecule has 0 spiro atoms. The van der Waals surface area contributed by atoms with Gasteiger partial charge in [0.05, 0.1) is 34.9 Å². The van der Waals surface area contributed by atoms with Crippen molar-refractivity contribution in [2.24, 2.45) is 9.98 Å². The molecule has 6 aromatic rings. The zero-order valence-electron chi connectivity index (χ0n) is 31.2. The molecule has 8 heteroatoms. The summed E-state index contributed by atoms with van der Waals surface area (Å²) in [5.74, 6) is 3.55. The van der Waals surface area contributed by atoms with E-state index in [1.807, 2.05) is 133 Å². The standard InChI is InChI=1S/C47H42N2O6/c1-50-38-27-15-11-23-34(38)46(35-24-12-16-28-39(35)51-2)44(32-19-7-5-8-20-32)48-42(54-46)31-43-49-45(33-21-9-6-10-22-33)47(55-43,36-25-13-17-29-40(36)52-3)37-26-14-18-30-41(37)53-4/h5-30,44-45H,31H2,1-4H3/t44-,45-/m1/s1. The highest BCUT2D eigenvalue weighted by atomic mass is 16.5. The summed E-state index contributed by atoms with van der Waals surface area (Å²) in [5, 5.41) is 0. The van der Waals surface area contributed by atoms with E-state index in [9.17, 15) is 0 Å². The lowest BCUT2D eigenvalue weighted by molar-refractivity contribution is 0.0814. The molecule has 0 saturated heterocycles. The molecule has 2 atom stereocenters. The Labute approximate surface area is 321 Å². The normalized spacial score (nSPS) is 18.0. The molecule has 0 aliphatic carbocycles. The summed E-state index contributed by atoms with van der Waals surface area (Å²) >= 11 is 0. The highest BCUT2D eigenvalue weighted by molar-refractivity contribution is 6.00. The van der Waals surface area contributed by atoms with Crippen LogP contribution in [-0.4, -0.2) is 40.2 Å². The number of aliphatic imine (C=N–C) groups is 2. The molecule has 0 N–H and O–H groups in total. The minimum atomic E-state index is -1.18. The van der Waals surface area contributed by atoms with E-state index >= 15 is 0 Å². The fraction of sp³-hybridized carbons (Fsp3) is 0.191. The molecule has 0 fully saturated rings. The Hall–Kier alpha value is -6.54. The number of methoxy groups -OCH3 is 4. The molecule has 0 aromatic heterocycles. The van der Waals surface area contributed by atoms with Crippen molar-refractivity contribution in [3.63, 3.8) is 0 Å². The van der Waals surface area contributed by atoms with Gasteiger partial charge in [0.15, 0.2) is 23.0 Å². The van der Waals surface area contributed by atoms with Gasteiger partial charge in [0.1, 0.15) is 35.1 Å². The maximum atomic E-state index is 7.33. The number of hydrogen-bond acceptors (Lipinski definition) is 8. The predicted octanol–water partition coefficient (Wildman–Crippen LogP) is 9.64. The first-order chi connectivity index (χ1) is 27.1. The van der Waals surface area contributed by atoms with Gasteiger partial charge in [-0.3, -0.25) is 0 Å². The van der Waals surface area contributed by atoms with E-state index in [0.717, 1.165) is 33.4 Å². The minimum absolute atomic E-state index is 0.158. The third-order valence-electron chi connectivity index (χ3n) is 10.4. The van der Waals surface area contributed by atoms with Crippen LogP contribution in [0.15, 0.2) is 168 Å². The second-order valence-corrected chi connectivity index (χ2v) is 13.3. The van der Waals surface area contributed by atoms with Crippen LogP contribution in [0.2, 0.25) is 0 Å². The van der Waals surface area contributed by atoms with Gasteiger partial charge in [-0.15, -0.1) is 0 Å². The van der Waals surface area contributed by atoms with Gasteiger partial charge in [0.25, 0.3) is 0 Å². The highest BCUT2D eigenvalue weighted by Crippen LogP contribution is 2.57. The number of para-hydroxylation sites is 4. The average molecular weight is 731 g/mol. The first-order valence-electron chi connectivity index (χ1n) is 18.2. The molecule has 2 aliphatic heterocycles. The van der Waals surface area contributed by atoms with Gasteiger partial charge in [0.2, 0.25) is 0 Å². The first kappa shape index (κ1) is 35.5. The van der Waals surface area contributed by atoms with Crippen LogP contribution in [0.5, 0.6) is 23.0 Å². The monoisotopic (exact) mass is 730 g/mol. The van der Waals surface area contributed by atoms with Crippen LogP contribution in [0.25, 0.3) is 0 Å². The van der Waals surface area contributed by atoms with Gasteiger partial charge < -0.3 is 28.4 Å². The third-order valence-corrected chi connectivity index (χ3v) is 10.4. The molecule has 8 nitrogen and oxygen atoms in total. The highest BCUT2D eigenvalue weighted by Gasteiger charge is 2.56. The van der Waals surface area contributed by atoms with Crippen molar-refractivity contribution in [1.82, 2.24) is 0 Å². The Bertz CT molecular complexity index is 2080. The Morgan fingerprint density at radius 1 is 0.400 bits per heavy atom. The topological polar surface area (TPSA) is 80.1 Å². The summed E-state index contributed by atoms with van der Waals surface area (Å²) < 4.78 is 38.7. The lowest BCUT2D eigenvalue weighted by Gasteiger charge is -2.37. The number of rotatable bonds is 12. The van der Waals surface area contributed by atoms with Crippen LogP contribution in [0.4, 0.5) is 0 Å². The predicted molar refractivity (Wildman–Crippen MR) is 214 cm³/mol. The molecule has 8 rings (SSSR count). The summed E-state index contributed by atoms with van der Waals surface area (Å²) in [7, 11) is 6.68. The molecule has 6 aromatic carbocycles. The van der Waals surface area contributed by atoms with Gasteiger partial charge in [-0.1, -0.05) is 133 Å². The Balaban J connectivity index is 1.32. The second kappa shape index (κ2) is 15.1. The summed E-state index contributed by atoms with van der Waals surface area (Å²) in [5.41, 5.74) is 2.79. The SMILES string of the molecule is COc1ccccc1C1(c2ccccc2OC)OC(CC2=N[C@H](c3ccccc3)C(c3ccccc3OC)(c3ccccc3OC)O2)=N[C@@H]1c1ccccc1. The van der Waals surface area contributed by atoms with E-state index < -0.39 is 23.3 Å². The summed E-state index contributed by atoms with van der Waals surface area (Å²) in [4.78, 5) is 10.8. The maximum absolute atomic E-state index is 7.33. The quantitative estimate of drug-likeness (QED) is 0.125. The van der Waals surface area contributed by atoms with Crippen LogP contribution in [0.3, 0.4) is 0 Å².